The summed E-state index contributed by atoms with van der Waals surface area (Å²) in [4.78, 5) is 28.9. The molecule has 0 aliphatic carbocycles. The van der Waals surface area contributed by atoms with Gasteiger partial charge >= 0.3 is 6.09 Å². The van der Waals surface area contributed by atoms with Gasteiger partial charge < -0.3 is 19.3 Å². The predicted molar refractivity (Wildman–Crippen MR) is 102 cm³/mol. The van der Waals surface area contributed by atoms with Crippen molar-refractivity contribution in [3.8, 4) is 5.75 Å². The molecule has 26 heavy (non-hydrogen) atoms. The van der Waals surface area contributed by atoms with Gasteiger partial charge in [0.15, 0.2) is 0 Å². The SMILES string of the molecule is CC(C)(C)OC(=O)N1CCN2C(=O)c3cc(Cl)c(Br)cc3OCCC2C1. The zero-order valence-corrected chi connectivity index (χ0v) is 17.4. The fourth-order valence-electron chi connectivity index (χ4n) is 3.14. The zero-order chi connectivity index (χ0) is 19.1. The van der Waals surface area contributed by atoms with Crippen LogP contribution in [0.3, 0.4) is 0 Å². The second-order valence-electron chi connectivity index (χ2n) is 7.48. The number of hydrogen-bond donors (Lipinski definition) is 0. The lowest BCUT2D eigenvalue weighted by Gasteiger charge is -2.42. The molecule has 8 heteroatoms. The molecule has 1 aromatic carbocycles. The van der Waals surface area contributed by atoms with E-state index in [9.17, 15) is 9.59 Å². The maximum Gasteiger partial charge on any atom is 0.410 e. The lowest BCUT2D eigenvalue weighted by molar-refractivity contribution is 0.00109. The van der Waals surface area contributed by atoms with Gasteiger partial charge in [0, 0.05) is 30.5 Å². The van der Waals surface area contributed by atoms with Gasteiger partial charge in [0.2, 0.25) is 0 Å². The lowest BCUT2D eigenvalue weighted by atomic mass is 10.0. The molecule has 1 unspecified atom stereocenters. The largest absolute Gasteiger partial charge is 0.493 e. The first kappa shape index (κ1) is 19.3. The molecule has 1 atom stereocenters. The predicted octanol–water partition coefficient (Wildman–Crippen LogP) is 3.95. The normalized spacial score (nSPS) is 20.5. The van der Waals surface area contributed by atoms with Crippen LogP contribution in [0.15, 0.2) is 16.6 Å². The number of benzene rings is 1. The van der Waals surface area contributed by atoms with Crippen LogP contribution in [0.2, 0.25) is 5.02 Å². The highest BCUT2D eigenvalue weighted by Crippen LogP contribution is 2.34. The Bertz CT molecular complexity index is 735. The smallest absolute Gasteiger partial charge is 0.410 e. The molecule has 142 valence electrons. The number of carbonyl (C=O) groups is 2. The quantitative estimate of drug-likeness (QED) is 0.607. The maximum absolute atomic E-state index is 13.0. The second-order valence-corrected chi connectivity index (χ2v) is 8.74. The summed E-state index contributed by atoms with van der Waals surface area (Å²) in [5.41, 5.74) is -0.0921. The van der Waals surface area contributed by atoms with Crippen molar-refractivity contribution in [2.24, 2.45) is 0 Å². The molecule has 2 heterocycles. The summed E-state index contributed by atoms with van der Waals surface area (Å²) in [7, 11) is 0. The molecule has 2 aliphatic rings. The van der Waals surface area contributed by atoms with Gasteiger partial charge in [-0.15, -0.1) is 0 Å². The topological polar surface area (TPSA) is 59.1 Å². The summed E-state index contributed by atoms with van der Waals surface area (Å²) in [6, 6.07) is 3.25. The number of fused-ring (bicyclic) bond motifs is 2. The van der Waals surface area contributed by atoms with Crippen molar-refractivity contribution in [1.29, 1.82) is 0 Å². The van der Waals surface area contributed by atoms with E-state index in [1.54, 1.807) is 17.0 Å². The Morgan fingerprint density at radius 2 is 2.08 bits per heavy atom. The minimum absolute atomic E-state index is 0.112. The monoisotopic (exact) mass is 444 g/mol. The number of ether oxygens (including phenoxy) is 2. The minimum Gasteiger partial charge on any atom is -0.493 e. The number of hydrogen-bond acceptors (Lipinski definition) is 4. The van der Waals surface area contributed by atoms with Crippen LogP contribution in [0, 0.1) is 0 Å². The van der Waals surface area contributed by atoms with Crippen molar-refractivity contribution < 1.29 is 19.1 Å². The highest BCUT2D eigenvalue weighted by Gasteiger charge is 2.36. The van der Waals surface area contributed by atoms with Gasteiger partial charge in [-0.3, -0.25) is 4.79 Å². The Hall–Kier alpha value is -1.47. The van der Waals surface area contributed by atoms with Crippen molar-refractivity contribution in [2.45, 2.75) is 38.8 Å². The van der Waals surface area contributed by atoms with Gasteiger partial charge in [-0.05, 0) is 48.8 Å². The van der Waals surface area contributed by atoms with Crippen LogP contribution in [0.4, 0.5) is 4.79 Å². The highest BCUT2D eigenvalue weighted by molar-refractivity contribution is 9.10. The standard InChI is InChI=1S/C18H22BrClN2O4/c1-18(2,3)26-17(24)21-5-6-22-11(10-21)4-7-25-15-9-13(19)14(20)8-12(15)16(22)23/h8-9,11H,4-7,10H2,1-3H3. The van der Waals surface area contributed by atoms with E-state index in [1.807, 2.05) is 25.7 Å². The van der Waals surface area contributed by atoms with Crippen LogP contribution >= 0.6 is 27.5 Å². The van der Waals surface area contributed by atoms with Gasteiger partial charge in [0.1, 0.15) is 11.4 Å². The molecule has 0 radical (unpaired) electrons. The zero-order valence-electron chi connectivity index (χ0n) is 15.1. The minimum atomic E-state index is -0.544. The Morgan fingerprint density at radius 1 is 1.35 bits per heavy atom. The van der Waals surface area contributed by atoms with Gasteiger partial charge in [0.05, 0.1) is 23.2 Å². The van der Waals surface area contributed by atoms with Gasteiger partial charge in [0.25, 0.3) is 5.91 Å². The summed E-state index contributed by atoms with van der Waals surface area (Å²) in [6.45, 7) is 7.31. The van der Waals surface area contributed by atoms with E-state index < -0.39 is 5.60 Å². The molecule has 0 N–H and O–H groups in total. The van der Waals surface area contributed by atoms with Crippen LogP contribution in [0.5, 0.6) is 5.75 Å². The van der Waals surface area contributed by atoms with E-state index in [-0.39, 0.29) is 18.0 Å². The third kappa shape index (κ3) is 4.09. The van der Waals surface area contributed by atoms with Gasteiger partial charge in [-0.25, -0.2) is 4.79 Å². The third-order valence-electron chi connectivity index (χ3n) is 4.36. The van der Waals surface area contributed by atoms with Crippen LogP contribution in [0.1, 0.15) is 37.6 Å². The highest BCUT2D eigenvalue weighted by atomic mass is 79.9. The Morgan fingerprint density at radius 3 is 2.77 bits per heavy atom. The first-order valence-electron chi connectivity index (χ1n) is 8.56. The van der Waals surface area contributed by atoms with Crippen LogP contribution in [-0.4, -0.2) is 59.7 Å². The van der Waals surface area contributed by atoms with Crippen molar-refractivity contribution in [1.82, 2.24) is 9.80 Å². The lowest BCUT2D eigenvalue weighted by Crippen LogP contribution is -2.58. The molecule has 2 aliphatic heterocycles. The molecule has 6 nitrogen and oxygen atoms in total. The van der Waals surface area contributed by atoms with Gasteiger partial charge in [-0.1, -0.05) is 11.6 Å². The van der Waals surface area contributed by atoms with Crippen LogP contribution in [-0.2, 0) is 4.74 Å². The number of nitrogens with zero attached hydrogens (tertiary/aromatic N) is 2. The average molecular weight is 446 g/mol. The average Bonchev–Trinajstić information content (AvgIpc) is 2.54. The number of amides is 2. The van der Waals surface area contributed by atoms with Gasteiger partial charge in [-0.2, -0.15) is 0 Å². The van der Waals surface area contributed by atoms with E-state index >= 15 is 0 Å². The van der Waals surface area contributed by atoms with E-state index in [0.717, 1.165) is 0 Å². The first-order valence-corrected chi connectivity index (χ1v) is 9.73. The Balaban J connectivity index is 1.79. The van der Waals surface area contributed by atoms with Crippen molar-refractivity contribution in [2.75, 3.05) is 26.2 Å². The summed E-state index contributed by atoms with van der Waals surface area (Å²) < 4.78 is 11.9. The summed E-state index contributed by atoms with van der Waals surface area (Å²) in [6.07, 6.45) is 0.296. The van der Waals surface area contributed by atoms with Crippen molar-refractivity contribution in [3.63, 3.8) is 0 Å². The summed E-state index contributed by atoms with van der Waals surface area (Å²) >= 11 is 9.52. The molecule has 0 bridgehead atoms. The molecule has 3 rings (SSSR count). The fraction of sp³-hybridized carbons (Fsp3) is 0.556. The molecule has 1 aromatic rings. The molecular weight excluding hydrogens is 424 g/mol. The second kappa shape index (κ2) is 7.27. The van der Waals surface area contributed by atoms with Crippen LogP contribution < -0.4 is 4.74 Å². The summed E-state index contributed by atoms with van der Waals surface area (Å²) in [5, 5.41) is 0.463. The van der Waals surface area contributed by atoms with Crippen LogP contribution in [0.25, 0.3) is 0 Å². The van der Waals surface area contributed by atoms with Crippen molar-refractivity contribution >= 4 is 39.5 Å². The molecular formula is C18H22BrClN2O4. The van der Waals surface area contributed by atoms with E-state index in [2.05, 4.69) is 15.9 Å². The number of rotatable bonds is 0. The molecule has 0 aromatic heterocycles. The summed E-state index contributed by atoms with van der Waals surface area (Å²) in [5.74, 6) is 0.405. The maximum atomic E-state index is 13.0. The molecule has 1 fully saturated rings. The molecule has 2 amide bonds. The molecule has 0 spiro atoms. The Labute approximate surface area is 166 Å². The molecule has 1 saturated heterocycles. The van der Waals surface area contributed by atoms with E-state index in [4.69, 9.17) is 21.1 Å². The third-order valence-corrected chi connectivity index (χ3v) is 5.55. The fourth-order valence-corrected chi connectivity index (χ4v) is 3.62. The van der Waals surface area contributed by atoms with E-state index in [1.165, 1.54) is 0 Å². The van der Waals surface area contributed by atoms with Crippen molar-refractivity contribution in [3.05, 3.63) is 27.2 Å². The number of carbonyl (C=O) groups excluding carboxylic acids is 2. The molecule has 0 saturated carbocycles. The Kier molecular flexibility index (Phi) is 5.40. The number of piperazine rings is 1. The van der Waals surface area contributed by atoms with E-state index in [0.29, 0.717) is 53.5 Å². The first-order chi connectivity index (χ1) is 12.2. The number of halogens is 2.